The summed E-state index contributed by atoms with van der Waals surface area (Å²) in [7, 11) is 0. The Balaban J connectivity index is 1.86. The van der Waals surface area contributed by atoms with Gasteiger partial charge >= 0.3 is 0 Å². The molecule has 5 nitrogen and oxygen atoms in total. The van der Waals surface area contributed by atoms with E-state index in [4.69, 9.17) is 0 Å². The molecule has 1 aliphatic rings. The molecule has 0 aliphatic carbocycles. The molecule has 1 saturated heterocycles. The van der Waals surface area contributed by atoms with Crippen LogP contribution in [0.2, 0.25) is 0 Å². The van der Waals surface area contributed by atoms with Crippen LogP contribution in [0.1, 0.15) is 38.7 Å². The van der Waals surface area contributed by atoms with E-state index in [1.54, 1.807) is 0 Å². The van der Waals surface area contributed by atoms with Crippen LogP contribution in [0.25, 0.3) is 0 Å². The summed E-state index contributed by atoms with van der Waals surface area (Å²) in [6, 6.07) is 5.83. The first kappa shape index (κ1) is 18.9. The number of nitrogens with zero attached hydrogens (tertiary/aromatic N) is 1. The van der Waals surface area contributed by atoms with Gasteiger partial charge in [0.05, 0.1) is 12.6 Å². The third-order valence-corrected chi connectivity index (χ3v) is 5.26. The Bertz CT molecular complexity index is 604. The lowest BCUT2D eigenvalue weighted by Gasteiger charge is -2.37. The first-order chi connectivity index (χ1) is 11.4. The molecular weight excluding hydrogens is 370 g/mol. The van der Waals surface area contributed by atoms with Crippen molar-refractivity contribution in [1.82, 2.24) is 10.2 Å². The molecule has 1 heterocycles. The van der Waals surface area contributed by atoms with Crippen molar-refractivity contribution in [3.63, 3.8) is 0 Å². The Hall–Kier alpha value is -1.40. The zero-order chi connectivity index (χ0) is 17.7. The number of piperidine rings is 1. The minimum Gasteiger partial charge on any atom is -0.346 e. The van der Waals surface area contributed by atoms with Crippen LogP contribution in [0.3, 0.4) is 0 Å². The fourth-order valence-electron chi connectivity index (χ4n) is 3.07. The molecular formula is C18H26BrN3O2. The van der Waals surface area contributed by atoms with Crippen LogP contribution in [0, 0.1) is 6.92 Å². The van der Waals surface area contributed by atoms with E-state index in [9.17, 15) is 9.59 Å². The number of hydrogen-bond donors (Lipinski definition) is 2. The smallest absolute Gasteiger partial charge is 0.243 e. The van der Waals surface area contributed by atoms with Crippen LogP contribution in [0.4, 0.5) is 5.69 Å². The lowest BCUT2D eigenvalue weighted by Crippen LogP contribution is -2.53. The second kappa shape index (κ2) is 8.62. The van der Waals surface area contributed by atoms with E-state index in [2.05, 4.69) is 45.3 Å². The monoisotopic (exact) mass is 395 g/mol. The third kappa shape index (κ3) is 5.05. The molecule has 0 saturated carbocycles. The summed E-state index contributed by atoms with van der Waals surface area (Å²) < 4.78 is 1.000. The molecule has 0 aromatic heterocycles. The van der Waals surface area contributed by atoms with Gasteiger partial charge in [0.2, 0.25) is 11.8 Å². The van der Waals surface area contributed by atoms with Crippen molar-refractivity contribution in [3.05, 3.63) is 28.2 Å². The number of anilines is 1. The molecule has 1 aromatic carbocycles. The summed E-state index contributed by atoms with van der Waals surface area (Å²) in [5.41, 5.74) is 1.78. The van der Waals surface area contributed by atoms with E-state index in [-0.39, 0.29) is 24.4 Å². The zero-order valence-corrected chi connectivity index (χ0v) is 16.1. The minimum absolute atomic E-state index is 0.00359. The minimum atomic E-state index is -0.211. The van der Waals surface area contributed by atoms with Crippen molar-refractivity contribution in [2.45, 2.75) is 52.1 Å². The molecule has 1 aliphatic heterocycles. The van der Waals surface area contributed by atoms with E-state index >= 15 is 0 Å². The summed E-state index contributed by atoms with van der Waals surface area (Å²) in [5, 5.41) is 5.60. The topological polar surface area (TPSA) is 61.4 Å². The fraction of sp³-hybridized carbons (Fsp3) is 0.556. The first-order valence-electron chi connectivity index (χ1n) is 8.48. The average molecular weight is 396 g/mol. The van der Waals surface area contributed by atoms with Gasteiger partial charge in [0.15, 0.2) is 0 Å². The van der Waals surface area contributed by atoms with Crippen LogP contribution in [-0.4, -0.2) is 41.9 Å². The number of carbonyl (C=O) groups excluding carboxylic acids is 2. The van der Waals surface area contributed by atoms with Crippen LogP contribution in [-0.2, 0) is 9.59 Å². The van der Waals surface area contributed by atoms with Crippen LogP contribution >= 0.6 is 15.9 Å². The summed E-state index contributed by atoms with van der Waals surface area (Å²) in [6.07, 6.45) is 3.05. The highest BCUT2D eigenvalue weighted by molar-refractivity contribution is 9.10. The van der Waals surface area contributed by atoms with Gasteiger partial charge in [-0.25, -0.2) is 0 Å². The number of carbonyl (C=O) groups is 2. The Kier molecular flexibility index (Phi) is 6.80. The lowest BCUT2D eigenvalue weighted by atomic mass is 9.99. The Morgan fingerprint density at radius 3 is 2.75 bits per heavy atom. The first-order valence-corrected chi connectivity index (χ1v) is 9.27. The quantitative estimate of drug-likeness (QED) is 0.804. The maximum atomic E-state index is 12.4. The number of aryl methyl sites for hydroxylation is 1. The van der Waals surface area contributed by atoms with Gasteiger partial charge in [0.1, 0.15) is 0 Å². The molecule has 6 heteroatoms. The molecule has 2 N–H and O–H groups in total. The number of halogens is 1. The Morgan fingerprint density at radius 1 is 1.33 bits per heavy atom. The average Bonchev–Trinajstić information content (AvgIpc) is 2.56. The summed E-state index contributed by atoms with van der Waals surface area (Å²) in [4.78, 5) is 26.7. The van der Waals surface area contributed by atoms with E-state index in [1.807, 2.05) is 25.1 Å². The van der Waals surface area contributed by atoms with Crippen LogP contribution < -0.4 is 10.6 Å². The standard InChI is InChI=1S/C18H26BrN3O2/c1-12(2)22-9-5-4-6-16(22)18(24)20-11-17(23)21-14-7-8-15(19)13(3)10-14/h7-8,10,12,16H,4-6,9,11H2,1-3H3,(H,20,24)(H,21,23). The highest BCUT2D eigenvalue weighted by Gasteiger charge is 2.30. The van der Waals surface area contributed by atoms with Crippen molar-refractivity contribution < 1.29 is 9.59 Å². The Labute approximate surface area is 152 Å². The number of amides is 2. The number of rotatable bonds is 5. The molecule has 0 bridgehead atoms. The molecule has 1 atom stereocenters. The predicted octanol–water partition coefficient (Wildman–Crippen LogP) is 3.08. The number of likely N-dealkylation sites (tertiary alicyclic amines) is 1. The van der Waals surface area contributed by atoms with Gasteiger partial charge in [0.25, 0.3) is 0 Å². The van der Waals surface area contributed by atoms with Gasteiger partial charge in [0, 0.05) is 16.2 Å². The molecule has 2 rings (SSSR count). The molecule has 0 radical (unpaired) electrons. The van der Waals surface area contributed by atoms with Crippen molar-refractivity contribution >= 4 is 33.4 Å². The fourth-order valence-corrected chi connectivity index (χ4v) is 3.31. The van der Waals surface area contributed by atoms with E-state index in [0.29, 0.717) is 6.04 Å². The highest BCUT2D eigenvalue weighted by atomic mass is 79.9. The number of hydrogen-bond acceptors (Lipinski definition) is 3. The summed E-state index contributed by atoms with van der Waals surface area (Å²) in [5.74, 6) is -0.262. The third-order valence-electron chi connectivity index (χ3n) is 4.38. The number of nitrogens with one attached hydrogen (secondary N) is 2. The van der Waals surface area contributed by atoms with Crippen molar-refractivity contribution in [3.8, 4) is 0 Å². The second-order valence-electron chi connectivity index (χ2n) is 6.57. The maximum absolute atomic E-state index is 12.4. The second-order valence-corrected chi connectivity index (χ2v) is 7.43. The highest BCUT2D eigenvalue weighted by Crippen LogP contribution is 2.20. The lowest BCUT2D eigenvalue weighted by molar-refractivity contribution is -0.130. The van der Waals surface area contributed by atoms with Gasteiger partial charge in [-0.3, -0.25) is 14.5 Å². The Morgan fingerprint density at radius 2 is 2.08 bits per heavy atom. The SMILES string of the molecule is Cc1cc(NC(=O)CNC(=O)C2CCCCN2C(C)C)ccc1Br. The molecule has 0 spiro atoms. The van der Waals surface area contributed by atoms with Gasteiger partial charge in [-0.15, -0.1) is 0 Å². The largest absolute Gasteiger partial charge is 0.346 e. The van der Waals surface area contributed by atoms with Crippen LogP contribution in [0.15, 0.2) is 22.7 Å². The predicted molar refractivity (Wildman–Crippen MR) is 100.0 cm³/mol. The summed E-state index contributed by atoms with van der Waals surface area (Å²) in [6.45, 7) is 7.12. The maximum Gasteiger partial charge on any atom is 0.243 e. The molecule has 1 fully saturated rings. The number of benzene rings is 1. The van der Waals surface area contributed by atoms with Gasteiger partial charge in [-0.2, -0.15) is 0 Å². The van der Waals surface area contributed by atoms with Gasteiger partial charge in [-0.1, -0.05) is 22.4 Å². The molecule has 1 unspecified atom stereocenters. The van der Waals surface area contributed by atoms with Crippen molar-refractivity contribution in [1.29, 1.82) is 0 Å². The zero-order valence-electron chi connectivity index (χ0n) is 14.6. The van der Waals surface area contributed by atoms with Crippen molar-refractivity contribution in [2.75, 3.05) is 18.4 Å². The van der Waals surface area contributed by atoms with Gasteiger partial charge in [-0.05, 0) is 63.9 Å². The molecule has 24 heavy (non-hydrogen) atoms. The van der Waals surface area contributed by atoms with Crippen LogP contribution in [0.5, 0.6) is 0 Å². The van der Waals surface area contributed by atoms with E-state index < -0.39 is 0 Å². The molecule has 2 amide bonds. The summed E-state index contributed by atoms with van der Waals surface area (Å²) >= 11 is 3.43. The van der Waals surface area contributed by atoms with Gasteiger partial charge < -0.3 is 10.6 Å². The van der Waals surface area contributed by atoms with E-state index in [1.165, 1.54) is 0 Å². The molecule has 1 aromatic rings. The normalized spacial score (nSPS) is 18.5. The molecule has 132 valence electrons. The van der Waals surface area contributed by atoms with Crippen molar-refractivity contribution in [2.24, 2.45) is 0 Å². The van der Waals surface area contributed by atoms with E-state index in [0.717, 1.165) is 41.5 Å².